The van der Waals surface area contributed by atoms with Crippen molar-refractivity contribution in [2.75, 3.05) is 32.8 Å². The van der Waals surface area contributed by atoms with Crippen LogP contribution < -0.4 is 5.32 Å². The van der Waals surface area contributed by atoms with Crippen molar-refractivity contribution in [3.05, 3.63) is 15.9 Å². The third kappa shape index (κ3) is 5.51. The second-order valence-corrected chi connectivity index (χ2v) is 11.6. The van der Waals surface area contributed by atoms with Crippen LogP contribution in [0.15, 0.2) is 20.1 Å². The molecule has 2 aliphatic rings. The summed E-state index contributed by atoms with van der Waals surface area (Å²) in [5.74, 6) is 0.414. The molecular weight excluding hydrogens is 440 g/mol. The Morgan fingerprint density at radius 2 is 2.15 bits per heavy atom. The normalized spacial score (nSPS) is 21.7. The van der Waals surface area contributed by atoms with Crippen molar-refractivity contribution in [2.45, 2.75) is 36.3 Å². The minimum atomic E-state index is -3.52. The van der Waals surface area contributed by atoms with Gasteiger partial charge in [-0.1, -0.05) is 0 Å². The first-order valence-corrected chi connectivity index (χ1v) is 12.1. The van der Waals surface area contributed by atoms with Gasteiger partial charge in [0.25, 0.3) is 10.0 Å². The number of rotatable bonds is 9. The van der Waals surface area contributed by atoms with E-state index in [2.05, 4.69) is 21.2 Å². The number of nitrogens with one attached hydrogen (secondary N) is 1. The first-order chi connectivity index (χ1) is 12.5. The zero-order valence-corrected chi connectivity index (χ0v) is 17.9. The standard InChI is InChI=1S/C17H25BrN2O4S2/c18-15-6-7-16(25-15)26(22,23)20-9-1-3-14(11-20)17(21)19-8-2-10-24-12-13-4-5-13/h6-7,13-14H,1-5,8-12H2,(H,19,21). The van der Waals surface area contributed by atoms with Gasteiger partial charge in [0.05, 0.1) is 9.70 Å². The van der Waals surface area contributed by atoms with Gasteiger partial charge in [-0.2, -0.15) is 4.31 Å². The van der Waals surface area contributed by atoms with Crippen molar-refractivity contribution in [3.63, 3.8) is 0 Å². The molecule has 1 aliphatic carbocycles. The molecule has 1 aliphatic heterocycles. The minimum Gasteiger partial charge on any atom is -0.381 e. The maximum atomic E-state index is 12.7. The molecule has 6 nitrogen and oxygen atoms in total. The van der Waals surface area contributed by atoms with Gasteiger partial charge in [0.2, 0.25) is 5.91 Å². The number of piperidine rings is 1. The Bertz CT molecular complexity index is 718. The van der Waals surface area contributed by atoms with E-state index in [0.29, 0.717) is 30.3 Å². The van der Waals surface area contributed by atoms with Gasteiger partial charge in [0.15, 0.2) is 0 Å². The minimum absolute atomic E-state index is 0.0561. The number of thiophene rings is 1. The highest BCUT2D eigenvalue weighted by molar-refractivity contribution is 9.11. The predicted octanol–water partition coefficient (Wildman–Crippen LogP) is 2.84. The van der Waals surface area contributed by atoms with E-state index in [9.17, 15) is 13.2 Å². The van der Waals surface area contributed by atoms with E-state index in [1.54, 1.807) is 12.1 Å². The fourth-order valence-corrected chi connectivity index (χ4v) is 6.69. The topological polar surface area (TPSA) is 75.7 Å². The molecule has 2 fully saturated rings. The molecule has 1 aromatic rings. The van der Waals surface area contributed by atoms with E-state index >= 15 is 0 Å². The molecule has 146 valence electrons. The van der Waals surface area contributed by atoms with Crippen molar-refractivity contribution < 1.29 is 17.9 Å². The molecule has 0 radical (unpaired) electrons. The Balaban J connectivity index is 1.44. The van der Waals surface area contributed by atoms with Crippen LogP contribution in [-0.4, -0.2) is 51.5 Å². The number of carbonyl (C=O) groups excluding carboxylic acids is 1. The maximum Gasteiger partial charge on any atom is 0.252 e. The summed E-state index contributed by atoms with van der Waals surface area (Å²) in [6.07, 6.45) is 4.77. The van der Waals surface area contributed by atoms with Crippen molar-refractivity contribution in [2.24, 2.45) is 11.8 Å². The molecular formula is C17H25BrN2O4S2. The Labute approximate surface area is 167 Å². The molecule has 0 spiro atoms. The number of hydrogen-bond donors (Lipinski definition) is 1. The smallest absolute Gasteiger partial charge is 0.252 e. The Kier molecular flexibility index (Phi) is 7.12. The predicted molar refractivity (Wildman–Crippen MR) is 105 cm³/mol. The molecule has 26 heavy (non-hydrogen) atoms. The summed E-state index contributed by atoms with van der Waals surface area (Å²) in [6, 6.07) is 3.34. The summed E-state index contributed by atoms with van der Waals surface area (Å²) in [5.41, 5.74) is 0. The van der Waals surface area contributed by atoms with Crippen LogP contribution in [0, 0.1) is 11.8 Å². The maximum absolute atomic E-state index is 12.7. The quantitative estimate of drug-likeness (QED) is 0.570. The van der Waals surface area contributed by atoms with E-state index in [1.807, 2.05) is 0 Å². The van der Waals surface area contributed by atoms with Crippen LogP contribution in [0.1, 0.15) is 32.1 Å². The van der Waals surface area contributed by atoms with Gasteiger partial charge in [-0.25, -0.2) is 8.42 Å². The Morgan fingerprint density at radius 1 is 1.35 bits per heavy atom. The summed E-state index contributed by atoms with van der Waals surface area (Å²) in [5, 5.41) is 2.93. The number of nitrogens with zero attached hydrogens (tertiary/aromatic N) is 1. The first kappa shape index (κ1) is 20.3. The lowest BCUT2D eigenvalue weighted by Crippen LogP contribution is -2.45. The highest BCUT2D eigenvalue weighted by Crippen LogP contribution is 2.31. The van der Waals surface area contributed by atoms with Crippen LogP contribution in [-0.2, 0) is 19.6 Å². The van der Waals surface area contributed by atoms with Crippen LogP contribution in [0.3, 0.4) is 0 Å². The van der Waals surface area contributed by atoms with Crippen molar-refractivity contribution in [3.8, 4) is 0 Å². The Hall–Kier alpha value is -0.480. The van der Waals surface area contributed by atoms with Gasteiger partial charge < -0.3 is 10.1 Å². The summed E-state index contributed by atoms with van der Waals surface area (Å²) in [6.45, 7) is 2.79. The largest absolute Gasteiger partial charge is 0.381 e. The van der Waals surface area contributed by atoms with E-state index < -0.39 is 10.0 Å². The number of hydrogen-bond acceptors (Lipinski definition) is 5. The van der Waals surface area contributed by atoms with Gasteiger partial charge in [0, 0.05) is 32.8 Å². The molecule has 1 amide bonds. The molecule has 1 unspecified atom stereocenters. The lowest BCUT2D eigenvalue weighted by atomic mass is 9.99. The van der Waals surface area contributed by atoms with Crippen molar-refractivity contribution in [1.82, 2.24) is 9.62 Å². The highest BCUT2D eigenvalue weighted by Gasteiger charge is 2.33. The second-order valence-electron chi connectivity index (χ2n) is 6.92. The van der Waals surface area contributed by atoms with Crippen LogP contribution in [0.4, 0.5) is 0 Å². The molecule has 1 saturated carbocycles. The SMILES string of the molecule is O=C(NCCCOCC1CC1)C1CCCN(S(=O)(=O)c2ccc(Br)s2)C1. The number of carbonyl (C=O) groups is 1. The fraction of sp³-hybridized carbons (Fsp3) is 0.706. The van der Waals surface area contributed by atoms with Gasteiger partial charge in [-0.3, -0.25) is 4.79 Å². The zero-order valence-electron chi connectivity index (χ0n) is 14.7. The van der Waals surface area contributed by atoms with Crippen molar-refractivity contribution in [1.29, 1.82) is 0 Å². The molecule has 3 rings (SSSR count). The van der Waals surface area contributed by atoms with Crippen LogP contribution >= 0.6 is 27.3 Å². The molecule has 1 N–H and O–H groups in total. The van der Waals surface area contributed by atoms with Crippen molar-refractivity contribution >= 4 is 43.2 Å². The van der Waals surface area contributed by atoms with Gasteiger partial charge >= 0.3 is 0 Å². The van der Waals surface area contributed by atoms with Crippen LogP contribution in [0.25, 0.3) is 0 Å². The van der Waals surface area contributed by atoms with E-state index in [1.165, 1.54) is 28.5 Å². The van der Waals surface area contributed by atoms with Crippen LogP contribution in [0.2, 0.25) is 0 Å². The summed E-state index contributed by atoms with van der Waals surface area (Å²) in [4.78, 5) is 12.4. The lowest BCUT2D eigenvalue weighted by molar-refractivity contribution is -0.126. The highest BCUT2D eigenvalue weighted by atomic mass is 79.9. The average molecular weight is 465 g/mol. The number of halogens is 1. The average Bonchev–Trinajstić information content (AvgIpc) is 3.35. The number of sulfonamides is 1. The van der Waals surface area contributed by atoms with E-state index in [0.717, 1.165) is 29.2 Å². The second kappa shape index (κ2) is 9.14. The molecule has 1 saturated heterocycles. The van der Waals surface area contributed by atoms with Crippen LogP contribution in [0.5, 0.6) is 0 Å². The third-order valence-electron chi connectivity index (χ3n) is 4.71. The lowest BCUT2D eigenvalue weighted by Gasteiger charge is -2.30. The number of ether oxygens (including phenoxy) is 1. The zero-order chi connectivity index (χ0) is 18.6. The van der Waals surface area contributed by atoms with Gasteiger partial charge in [-0.05, 0) is 66.1 Å². The van der Waals surface area contributed by atoms with Gasteiger partial charge in [-0.15, -0.1) is 11.3 Å². The van der Waals surface area contributed by atoms with E-state index in [-0.39, 0.29) is 18.4 Å². The molecule has 1 atom stereocenters. The summed E-state index contributed by atoms with van der Waals surface area (Å²) in [7, 11) is -3.52. The molecule has 9 heteroatoms. The molecule has 1 aromatic heterocycles. The Morgan fingerprint density at radius 3 is 2.85 bits per heavy atom. The summed E-state index contributed by atoms with van der Waals surface area (Å²) >= 11 is 4.50. The first-order valence-electron chi connectivity index (χ1n) is 9.08. The molecule has 0 bridgehead atoms. The van der Waals surface area contributed by atoms with Gasteiger partial charge in [0.1, 0.15) is 4.21 Å². The monoisotopic (exact) mass is 464 g/mol. The summed E-state index contributed by atoms with van der Waals surface area (Å²) < 4.78 is 33.6. The molecule has 2 heterocycles. The number of amides is 1. The van der Waals surface area contributed by atoms with E-state index in [4.69, 9.17) is 4.74 Å². The third-order valence-corrected chi connectivity index (χ3v) is 8.67. The molecule has 0 aromatic carbocycles. The fourth-order valence-electron chi connectivity index (χ4n) is 3.00.